The van der Waals surface area contributed by atoms with Crippen LogP contribution in [0, 0.1) is 0 Å². The van der Waals surface area contributed by atoms with E-state index in [0.29, 0.717) is 55.7 Å². The molecule has 2 heterocycles. The second kappa shape index (κ2) is 8.07. The normalized spacial score (nSPS) is 14.0. The van der Waals surface area contributed by atoms with Crippen LogP contribution in [0.4, 0.5) is 0 Å². The van der Waals surface area contributed by atoms with Crippen LogP contribution >= 0.6 is 0 Å². The minimum atomic E-state index is -0.0636. The zero-order valence-electron chi connectivity index (χ0n) is 15.3. The highest BCUT2D eigenvalue weighted by molar-refractivity contribution is 5.96. The molecule has 1 amide bonds. The lowest BCUT2D eigenvalue weighted by atomic mass is 10.1. The van der Waals surface area contributed by atoms with Gasteiger partial charge in [-0.2, -0.15) is 0 Å². The number of hydrogen-bond acceptors (Lipinski definition) is 6. The first-order chi connectivity index (χ1) is 12.7. The number of nitrogens with zero attached hydrogens (tertiary/aromatic N) is 4. The molecule has 140 valence electrons. The van der Waals surface area contributed by atoms with E-state index in [0.717, 1.165) is 0 Å². The molecule has 1 aliphatic rings. The molecule has 1 aromatic carbocycles. The largest absolute Gasteiger partial charge is 0.490 e. The fourth-order valence-electron chi connectivity index (χ4n) is 2.90. The van der Waals surface area contributed by atoms with Gasteiger partial charge >= 0.3 is 0 Å². The van der Waals surface area contributed by atoms with Crippen molar-refractivity contribution in [1.82, 2.24) is 19.9 Å². The Morgan fingerprint density at radius 1 is 1.08 bits per heavy atom. The number of carbonyl (C=O) groups is 1. The highest BCUT2D eigenvalue weighted by Gasteiger charge is 2.33. The maximum atomic E-state index is 12.9. The van der Waals surface area contributed by atoms with E-state index in [1.165, 1.54) is 0 Å². The molecule has 0 atom stereocenters. The Labute approximate surface area is 152 Å². The van der Waals surface area contributed by atoms with E-state index in [1.807, 2.05) is 27.0 Å². The highest BCUT2D eigenvalue weighted by atomic mass is 16.5. The summed E-state index contributed by atoms with van der Waals surface area (Å²) in [5.74, 6) is 1.53. The summed E-state index contributed by atoms with van der Waals surface area (Å²) in [5, 5.41) is 7.79. The summed E-state index contributed by atoms with van der Waals surface area (Å²) in [5.41, 5.74) is 0.525. The second-order valence-electron chi connectivity index (χ2n) is 5.85. The molecule has 0 aliphatic carbocycles. The summed E-state index contributed by atoms with van der Waals surface area (Å²) >= 11 is 0. The van der Waals surface area contributed by atoms with Gasteiger partial charge in [0.05, 0.1) is 32.1 Å². The van der Waals surface area contributed by atoms with Crippen molar-refractivity contribution >= 4 is 5.91 Å². The molecule has 1 saturated heterocycles. The van der Waals surface area contributed by atoms with Crippen LogP contribution in [0.2, 0.25) is 0 Å². The van der Waals surface area contributed by atoms with Crippen LogP contribution in [0.3, 0.4) is 0 Å². The number of hydrogen-bond donors (Lipinski definition) is 0. The van der Waals surface area contributed by atoms with E-state index in [2.05, 4.69) is 10.3 Å². The minimum absolute atomic E-state index is 0.0636. The number of aromatic nitrogens is 3. The Morgan fingerprint density at radius 3 is 2.19 bits per heavy atom. The van der Waals surface area contributed by atoms with Gasteiger partial charge in [-0.1, -0.05) is 5.21 Å². The SMILES string of the molecule is CCOc1cc(C(=O)N2CC(n3ccnn3)C2)cc(OCC)c1OCC. The van der Waals surface area contributed by atoms with Crippen LogP contribution in [-0.4, -0.2) is 58.7 Å². The first-order valence-corrected chi connectivity index (χ1v) is 8.89. The average Bonchev–Trinajstić information content (AvgIpc) is 3.10. The minimum Gasteiger partial charge on any atom is -0.490 e. The molecule has 0 spiro atoms. The zero-order valence-corrected chi connectivity index (χ0v) is 15.3. The van der Waals surface area contributed by atoms with Crippen molar-refractivity contribution in [3.8, 4) is 17.2 Å². The van der Waals surface area contributed by atoms with Gasteiger partial charge < -0.3 is 19.1 Å². The molecular formula is C18H24N4O4. The summed E-state index contributed by atoms with van der Waals surface area (Å²) in [4.78, 5) is 14.6. The van der Waals surface area contributed by atoms with Crippen LogP contribution in [0.1, 0.15) is 37.2 Å². The fourth-order valence-corrected chi connectivity index (χ4v) is 2.90. The molecule has 3 rings (SSSR count). The molecule has 8 heteroatoms. The molecule has 0 N–H and O–H groups in total. The maximum Gasteiger partial charge on any atom is 0.254 e. The van der Waals surface area contributed by atoms with Crippen molar-refractivity contribution in [2.24, 2.45) is 0 Å². The molecule has 1 aliphatic heterocycles. The van der Waals surface area contributed by atoms with Crippen LogP contribution in [-0.2, 0) is 0 Å². The number of benzene rings is 1. The molecule has 0 unspecified atom stereocenters. The van der Waals surface area contributed by atoms with Crippen molar-refractivity contribution in [1.29, 1.82) is 0 Å². The summed E-state index contributed by atoms with van der Waals surface area (Å²) in [6.45, 7) is 8.31. The number of amides is 1. The summed E-state index contributed by atoms with van der Waals surface area (Å²) < 4.78 is 18.8. The summed E-state index contributed by atoms with van der Waals surface area (Å²) in [6, 6.07) is 3.62. The van der Waals surface area contributed by atoms with Gasteiger partial charge in [-0.05, 0) is 32.9 Å². The lowest BCUT2D eigenvalue weighted by Crippen LogP contribution is -2.50. The van der Waals surface area contributed by atoms with E-state index >= 15 is 0 Å². The van der Waals surface area contributed by atoms with E-state index < -0.39 is 0 Å². The smallest absolute Gasteiger partial charge is 0.254 e. The van der Waals surface area contributed by atoms with E-state index in [1.54, 1.807) is 27.9 Å². The van der Waals surface area contributed by atoms with Crippen LogP contribution in [0.5, 0.6) is 17.2 Å². The Bertz CT molecular complexity index is 715. The lowest BCUT2D eigenvalue weighted by Gasteiger charge is -2.39. The first-order valence-electron chi connectivity index (χ1n) is 8.89. The molecule has 1 fully saturated rings. The fraction of sp³-hybridized carbons (Fsp3) is 0.500. The van der Waals surface area contributed by atoms with Crippen molar-refractivity contribution in [3.63, 3.8) is 0 Å². The number of rotatable bonds is 8. The average molecular weight is 360 g/mol. The Morgan fingerprint density at radius 2 is 1.69 bits per heavy atom. The van der Waals surface area contributed by atoms with Gasteiger partial charge in [-0.3, -0.25) is 4.79 Å². The van der Waals surface area contributed by atoms with E-state index in [-0.39, 0.29) is 11.9 Å². The Kier molecular flexibility index (Phi) is 5.60. The zero-order chi connectivity index (χ0) is 18.5. The molecule has 0 radical (unpaired) electrons. The summed E-state index contributed by atoms with van der Waals surface area (Å²) in [7, 11) is 0. The third kappa shape index (κ3) is 3.58. The van der Waals surface area contributed by atoms with Crippen molar-refractivity contribution in [3.05, 3.63) is 30.1 Å². The lowest BCUT2D eigenvalue weighted by molar-refractivity contribution is 0.0497. The first kappa shape index (κ1) is 18.0. The molecule has 1 aromatic heterocycles. The third-order valence-corrected chi connectivity index (χ3v) is 4.12. The Balaban J connectivity index is 1.81. The van der Waals surface area contributed by atoms with Crippen LogP contribution in [0.15, 0.2) is 24.5 Å². The Hall–Kier alpha value is -2.77. The van der Waals surface area contributed by atoms with E-state index in [4.69, 9.17) is 14.2 Å². The van der Waals surface area contributed by atoms with Crippen molar-refractivity contribution in [2.45, 2.75) is 26.8 Å². The molecular weight excluding hydrogens is 336 g/mol. The van der Waals surface area contributed by atoms with Crippen LogP contribution < -0.4 is 14.2 Å². The molecule has 26 heavy (non-hydrogen) atoms. The van der Waals surface area contributed by atoms with Crippen molar-refractivity contribution in [2.75, 3.05) is 32.9 Å². The molecule has 8 nitrogen and oxygen atoms in total. The van der Waals surface area contributed by atoms with Gasteiger partial charge in [0.2, 0.25) is 5.75 Å². The number of carbonyl (C=O) groups excluding carboxylic acids is 1. The van der Waals surface area contributed by atoms with Gasteiger partial charge in [-0.25, -0.2) is 4.68 Å². The monoisotopic (exact) mass is 360 g/mol. The highest BCUT2D eigenvalue weighted by Crippen LogP contribution is 2.39. The number of ether oxygens (including phenoxy) is 3. The maximum absolute atomic E-state index is 12.9. The van der Waals surface area contributed by atoms with Gasteiger partial charge in [0.1, 0.15) is 0 Å². The molecule has 2 aromatic rings. The van der Waals surface area contributed by atoms with Crippen LogP contribution in [0.25, 0.3) is 0 Å². The van der Waals surface area contributed by atoms with E-state index in [9.17, 15) is 4.79 Å². The van der Waals surface area contributed by atoms with Gasteiger partial charge in [0.15, 0.2) is 11.5 Å². The topological polar surface area (TPSA) is 78.7 Å². The van der Waals surface area contributed by atoms with Gasteiger partial charge in [0, 0.05) is 24.8 Å². The predicted octanol–water partition coefficient (Wildman–Crippen LogP) is 2.17. The third-order valence-electron chi connectivity index (χ3n) is 4.12. The number of likely N-dealkylation sites (tertiary alicyclic amines) is 1. The predicted molar refractivity (Wildman–Crippen MR) is 94.9 cm³/mol. The molecule has 0 bridgehead atoms. The quantitative estimate of drug-likeness (QED) is 0.718. The van der Waals surface area contributed by atoms with Crippen molar-refractivity contribution < 1.29 is 19.0 Å². The standard InChI is InChI=1S/C18H24N4O4/c1-4-24-15-9-13(10-16(25-5-2)17(15)26-6-3)18(23)21-11-14(12-21)22-8-7-19-20-22/h7-10,14H,4-6,11-12H2,1-3H3. The van der Waals surface area contributed by atoms with Gasteiger partial charge in [-0.15, -0.1) is 5.10 Å². The van der Waals surface area contributed by atoms with Gasteiger partial charge in [0.25, 0.3) is 5.91 Å². The summed E-state index contributed by atoms with van der Waals surface area (Å²) in [6.07, 6.45) is 3.45. The second-order valence-corrected chi connectivity index (χ2v) is 5.85. The molecule has 0 saturated carbocycles.